The minimum Gasteiger partial charge on any atom is -0.336 e. The van der Waals surface area contributed by atoms with Gasteiger partial charge in [-0.3, -0.25) is 14.9 Å². The predicted molar refractivity (Wildman–Crippen MR) is 74.3 cm³/mol. The Morgan fingerprint density at radius 1 is 1.45 bits per heavy atom. The lowest BCUT2D eigenvalue weighted by Gasteiger charge is -2.26. The Bertz CT molecular complexity index is 529. The number of hydrogen-bond acceptors (Lipinski definition) is 3. The number of nitro groups is 1. The molecule has 0 saturated carbocycles. The first-order valence-electron chi connectivity index (χ1n) is 6.55. The van der Waals surface area contributed by atoms with Gasteiger partial charge >= 0.3 is 0 Å². The highest BCUT2D eigenvalue weighted by Gasteiger charge is 2.25. The van der Waals surface area contributed by atoms with Crippen LogP contribution >= 0.6 is 0 Å². The van der Waals surface area contributed by atoms with Crippen molar-refractivity contribution in [1.82, 2.24) is 4.90 Å². The molecule has 1 aromatic carbocycles. The van der Waals surface area contributed by atoms with E-state index in [1.165, 1.54) is 11.8 Å². The molecule has 0 heterocycles. The van der Waals surface area contributed by atoms with Crippen LogP contribution in [0.3, 0.4) is 0 Å². The number of halogens is 1. The van der Waals surface area contributed by atoms with Gasteiger partial charge < -0.3 is 4.90 Å². The SMILES string of the molecule is CCCN(C(=O)c1cc([N+](=O)[O-])cc(C)c1F)C(C)C. The smallest absolute Gasteiger partial charge is 0.270 e. The van der Waals surface area contributed by atoms with Crippen LogP contribution < -0.4 is 0 Å². The van der Waals surface area contributed by atoms with E-state index in [1.807, 2.05) is 20.8 Å². The predicted octanol–water partition coefficient (Wildman–Crippen LogP) is 3.30. The quantitative estimate of drug-likeness (QED) is 0.615. The second-order valence-electron chi connectivity index (χ2n) is 4.97. The third-order valence-electron chi connectivity index (χ3n) is 3.03. The lowest BCUT2D eigenvalue weighted by atomic mass is 10.1. The summed E-state index contributed by atoms with van der Waals surface area (Å²) in [7, 11) is 0. The van der Waals surface area contributed by atoms with Crippen LogP contribution in [-0.2, 0) is 0 Å². The molecule has 110 valence electrons. The Balaban J connectivity index is 3.29. The highest BCUT2D eigenvalue weighted by Crippen LogP contribution is 2.23. The van der Waals surface area contributed by atoms with Gasteiger partial charge in [0.25, 0.3) is 11.6 Å². The van der Waals surface area contributed by atoms with E-state index in [2.05, 4.69) is 0 Å². The highest BCUT2D eigenvalue weighted by molar-refractivity contribution is 5.95. The van der Waals surface area contributed by atoms with Crippen molar-refractivity contribution in [2.45, 2.75) is 40.2 Å². The van der Waals surface area contributed by atoms with E-state index >= 15 is 0 Å². The van der Waals surface area contributed by atoms with Crippen LogP contribution in [0, 0.1) is 22.9 Å². The molecule has 0 aliphatic carbocycles. The molecule has 0 atom stereocenters. The molecule has 0 aliphatic heterocycles. The first-order valence-corrected chi connectivity index (χ1v) is 6.55. The minimum absolute atomic E-state index is 0.0959. The monoisotopic (exact) mass is 282 g/mol. The number of benzene rings is 1. The molecular weight excluding hydrogens is 263 g/mol. The zero-order valence-electron chi connectivity index (χ0n) is 12.1. The molecule has 1 rings (SSSR count). The van der Waals surface area contributed by atoms with Gasteiger partial charge in [-0.2, -0.15) is 0 Å². The van der Waals surface area contributed by atoms with Crippen molar-refractivity contribution in [2.75, 3.05) is 6.54 Å². The van der Waals surface area contributed by atoms with Gasteiger partial charge in [-0.05, 0) is 32.8 Å². The molecule has 6 heteroatoms. The first-order chi connectivity index (χ1) is 9.29. The normalized spacial score (nSPS) is 10.7. The van der Waals surface area contributed by atoms with Gasteiger partial charge in [0.2, 0.25) is 0 Å². The molecule has 0 radical (unpaired) electrons. The number of rotatable bonds is 5. The number of carbonyl (C=O) groups excluding carboxylic acids is 1. The largest absolute Gasteiger partial charge is 0.336 e. The second-order valence-corrected chi connectivity index (χ2v) is 4.97. The van der Waals surface area contributed by atoms with Gasteiger partial charge in [0.15, 0.2) is 0 Å². The van der Waals surface area contributed by atoms with Crippen LogP contribution in [0.25, 0.3) is 0 Å². The molecular formula is C14H19FN2O3. The maximum atomic E-state index is 14.1. The minimum atomic E-state index is -0.692. The van der Waals surface area contributed by atoms with Gasteiger partial charge in [0, 0.05) is 24.7 Å². The van der Waals surface area contributed by atoms with Crippen LogP contribution in [0.5, 0.6) is 0 Å². The maximum absolute atomic E-state index is 14.1. The van der Waals surface area contributed by atoms with E-state index in [4.69, 9.17) is 0 Å². The Hall–Kier alpha value is -1.98. The number of carbonyl (C=O) groups is 1. The fourth-order valence-corrected chi connectivity index (χ4v) is 2.00. The summed E-state index contributed by atoms with van der Waals surface area (Å²) in [5.41, 5.74) is -0.408. The molecule has 5 nitrogen and oxygen atoms in total. The summed E-state index contributed by atoms with van der Waals surface area (Å²) < 4.78 is 14.1. The highest BCUT2D eigenvalue weighted by atomic mass is 19.1. The molecule has 0 aliphatic rings. The van der Waals surface area contributed by atoms with Crippen LogP contribution in [-0.4, -0.2) is 28.3 Å². The summed E-state index contributed by atoms with van der Waals surface area (Å²) in [5.74, 6) is -1.20. The summed E-state index contributed by atoms with van der Waals surface area (Å²) in [6, 6.07) is 2.04. The zero-order valence-corrected chi connectivity index (χ0v) is 12.1. The topological polar surface area (TPSA) is 63.5 Å². The third-order valence-corrected chi connectivity index (χ3v) is 3.03. The Morgan fingerprint density at radius 2 is 2.05 bits per heavy atom. The Labute approximate surface area is 117 Å². The van der Waals surface area contributed by atoms with E-state index in [0.29, 0.717) is 6.54 Å². The zero-order chi connectivity index (χ0) is 15.4. The lowest BCUT2D eigenvalue weighted by molar-refractivity contribution is -0.385. The number of amides is 1. The Morgan fingerprint density at radius 3 is 2.50 bits per heavy atom. The molecule has 0 unspecified atom stereocenters. The molecule has 0 fully saturated rings. The van der Waals surface area contributed by atoms with Gasteiger partial charge in [-0.1, -0.05) is 6.92 Å². The van der Waals surface area contributed by atoms with Crippen molar-refractivity contribution in [3.63, 3.8) is 0 Å². The summed E-state index contributed by atoms with van der Waals surface area (Å²) in [6.45, 7) is 7.47. The van der Waals surface area contributed by atoms with Crippen LogP contribution in [0.4, 0.5) is 10.1 Å². The summed E-state index contributed by atoms with van der Waals surface area (Å²) in [5, 5.41) is 10.8. The molecule has 20 heavy (non-hydrogen) atoms. The average molecular weight is 282 g/mol. The van der Waals surface area contributed by atoms with Gasteiger partial charge in [0.1, 0.15) is 5.82 Å². The molecule has 0 aromatic heterocycles. The molecule has 0 saturated heterocycles. The number of hydrogen-bond donors (Lipinski definition) is 0. The summed E-state index contributed by atoms with van der Waals surface area (Å²) >= 11 is 0. The van der Waals surface area contributed by atoms with E-state index in [0.717, 1.165) is 18.6 Å². The van der Waals surface area contributed by atoms with Crippen molar-refractivity contribution >= 4 is 11.6 Å². The summed E-state index contributed by atoms with van der Waals surface area (Å²) in [4.78, 5) is 24.1. The van der Waals surface area contributed by atoms with E-state index in [1.54, 1.807) is 0 Å². The fourth-order valence-electron chi connectivity index (χ4n) is 2.00. The van der Waals surface area contributed by atoms with Crippen molar-refractivity contribution in [2.24, 2.45) is 0 Å². The van der Waals surface area contributed by atoms with Crippen LogP contribution in [0.2, 0.25) is 0 Å². The average Bonchev–Trinajstić information content (AvgIpc) is 2.37. The van der Waals surface area contributed by atoms with Gasteiger partial charge in [-0.15, -0.1) is 0 Å². The maximum Gasteiger partial charge on any atom is 0.270 e. The molecule has 0 spiro atoms. The lowest BCUT2D eigenvalue weighted by Crippen LogP contribution is -2.38. The van der Waals surface area contributed by atoms with Crippen molar-refractivity contribution in [3.05, 3.63) is 39.2 Å². The standard InChI is InChI=1S/C14H19FN2O3/c1-5-6-16(9(2)3)14(18)12-8-11(17(19)20)7-10(4)13(12)15/h7-9H,5-6H2,1-4H3. The van der Waals surface area contributed by atoms with Crippen molar-refractivity contribution < 1.29 is 14.1 Å². The molecule has 1 aromatic rings. The van der Waals surface area contributed by atoms with E-state index in [-0.39, 0.29) is 22.9 Å². The number of nitrogens with zero attached hydrogens (tertiary/aromatic N) is 2. The fraction of sp³-hybridized carbons (Fsp3) is 0.500. The number of nitro benzene ring substituents is 1. The Kier molecular flexibility index (Phi) is 5.19. The third kappa shape index (κ3) is 3.31. The van der Waals surface area contributed by atoms with Crippen molar-refractivity contribution in [3.8, 4) is 0 Å². The first kappa shape index (κ1) is 16.1. The van der Waals surface area contributed by atoms with Crippen LogP contribution in [0.1, 0.15) is 43.1 Å². The van der Waals surface area contributed by atoms with Crippen LogP contribution in [0.15, 0.2) is 12.1 Å². The number of aryl methyl sites for hydroxylation is 1. The van der Waals surface area contributed by atoms with Gasteiger partial charge in [0.05, 0.1) is 10.5 Å². The van der Waals surface area contributed by atoms with E-state index in [9.17, 15) is 19.3 Å². The number of non-ortho nitro benzene ring substituents is 1. The molecule has 0 N–H and O–H groups in total. The second kappa shape index (κ2) is 6.45. The summed E-state index contributed by atoms with van der Waals surface area (Å²) in [6.07, 6.45) is 0.736. The molecule has 0 bridgehead atoms. The van der Waals surface area contributed by atoms with E-state index < -0.39 is 16.6 Å². The molecule has 1 amide bonds. The van der Waals surface area contributed by atoms with Gasteiger partial charge in [-0.25, -0.2) is 4.39 Å². The van der Waals surface area contributed by atoms with Crippen molar-refractivity contribution in [1.29, 1.82) is 0 Å².